The first-order valence-electron chi connectivity index (χ1n) is 9.46. The van der Waals surface area contributed by atoms with Gasteiger partial charge in [0.05, 0.1) is 17.4 Å². The number of hydrogen-bond donors (Lipinski definition) is 1. The van der Waals surface area contributed by atoms with E-state index in [4.69, 9.17) is 10.5 Å². The molecule has 2 heterocycles. The maximum absolute atomic E-state index is 12.1. The Balaban J connectivity index is 2.02. The molecule has 3 aromatic rings. The Labute approximate surface area is 170 Å². The molecule has 0 bridgehead atoms. The van der Waals surface area contributed by atoms with Crippen LogP contribution in [0.15, 0.2) is 47.4 Å². The van der Waals surface area contributed by atoms with E-state index in [-0.39, 0.29) is 17.5 Å². The van der Waals surface area contributed by atoms with Crippen LogP contribution in [0.4, 0.5) is 5.95 Å². The highest BCUT2D eigenvalue weighted by molar-refractivity contribution is 5.79. The third-order valence-electron chi connectivity index (χ3n) is 4.31. The second-order valence-corrected chi connectivity index (χ2v) is 7.27. The van der Waals surface area contributed by atoms with Crippen LogP contribution in [0.1, 0.15) is 19.9 Å². The minimum atomic E-state index is -0.155. The number of ether oxygens (including phenoxy) is 1. The molecule has 3 rings (SSSR count). The summed E-state index contributed by atoms with van der Waals surface area (Å²) in [6.07, 6.45) is 1.63. The minimum absolute atomic E-state index is 0.0611. The summed E-state index contributed by atoms with van der Waals surface area (Å²) in [7, 11) is 4.00. The number of benzene rings is 1. The van der Waals surface area contributed by atoms with Crippen LogP contribution in [0.25, 0.3) is 22.5 Å². The molecule has 0 amide bonds. The van der Waals surface area contributed by atoms with E-state index in [0.717, 1.165) is 17.9 Å². The normalized spacial score (nSPS) is 11.2. The molecule has 0 radical (unpaired) electrons. The van der Waals surface area contributed by atoms with Crippen molar-refractivity contribution < 1.29 is 4.74 Å². The van der Waals surface area contributed by atoms with Crippen LogP contribution in [0, 0.1) is 0 Å². The van der Waals surface area contributed by atoms with Crippen molar-refractivity contribution in [2.45, 2.75) is 19.9 Å². The van der Waals surface area contributed by atoms with Crippen LogP contribution in [0.3, 0.4) is 0 Å². The molecule has 0 fully saturated rings. The summed E-state index contributed by atoms with van der Waals surface area (Å²) < 4.78 is 7.28. The van der Waals surface area contributed by atoms with Gasteiger partial charge in [0.2, 0.25) is 5.95 Å². The molecule has 0 saturated heterocycles. The molecule has 0 spiro atoms. The minimum Gasteiger partial charge on any atom is -0.492 e. The molecule has 8 nitrogen and oxygen atoms in total. The molecular formula is C21H26N6O2. The molecule has 2 aromatic heterocycles. The van der Waals surface area contributed by atoms with Gasteiger partial charge in [0.1, 0.15) is 12.4 Å². The largest absolute Gasteiger partial charge is 0.492 e. The summed E-state index contributed by atoms with van der Waals surface area (Å²) in [5.41, 5.74) is 8.47. The number of likely N-dealkylation sites (N-methyl/N-ethyl adjacent to an activating group) is 1. The summed E-state index contributed by atoms with van der Waals surface area (Å²) >= 11 is 0. The average molecular weight is 394 g/mol. The summed E-state index contributed by atoms with van der Waals surface area (Å²) in [6.45, 7) is 5.22. The van der Waals surface area contributed by atoms with Crippen molar-refractivity contribution in [3.8, 4) is 28.3 Å². The molecule has 0 saturated carbocycles. The molecular weight excluding hydrogens is 368 g/mol. The van der Waals surface area contributed by atoms with E-state index in [1.54, 1.807) is 12.3 Å². The first-order valence-corrected chi connectivity index (χ1v) is 9.46. The van der Waals surface area contributed by atoms with E-state index < -0.39 is 0 Å². The highest BCUT2D eigenvalue weighted by Crippen LogP contribution is 2.31. The zero-order valence-corrected chi connectivity index (χ0v) is 17.2. The first-order chi connectivity index (χ1) is 13.8. The standard InChI is InChI=1S/C21H26N6O2/c1-14(2)27-19(28)9-8-18(25-27)17-13-23-21(22)24-20(17)15-6-5-7-16(12-15)29-11-10-26(3)4/h5-9,12-14H,10-11H2,1-4H3,(H2,22,23,24). The van der Waals surface area contributed by atoms with Crippen LogP contribution in [-0.2, 0) is 0 Å². The van der Waals surface area contributed by atoms with Gasteiger partial charge in [-0.15, -0.1) is 0 Å². The van der Waals surface area contributed by atoms with Gasteiger partial charge >= 0.3 is 0 Å². The second kappa shape index (κ2) is 8.83. The van der Waals surface area contributed by atoms with Crippen LogP contribution in [-0.4, -0.2) is 51.9 Å². The topological polar surface area (TPSA) is 99.2 Å². The van der Waals surface area contributed by atoms with Gasteiger partial charge in [0.25, 0.3) is 5.56 Å². The van der Waals surface area contributed by atoms with Crippen molar-refractivity contribution in [1.29, 1.82) is 0 Å². The van der Waals surface area contributed by atoms with Gasteiger partial charge in [0.15, 0.2) is 0 Å². The predicted molar refractivity (Wildman–Crippen MR) is 114 cm³/mol. The van der Waals surface area contributed by atoms with Gasteiger partial charge in [-0.25, -0.2) is 14.6 Å². The lowest BCUT2D eigenvalue weighted by molar-refractivity contribution is 0.261. The zero-order valence-electron chi connectivity index (χ0n) is 17.2. The summed E-state index contributed by atoms with van der Waals surface area (Å²) in [6, 6.07) is 10.8. The predicted octanol–water partition coefficient (Wildman–Crippen LogP) is 2.47. The molecule has 0 unspecified atom stereocenters. The van der Waals surface area contributed by atoms with Crippen molar-refractivity contribution in [3.63, 3.8) is 0 Å². The number of nitrogen functional groups attached to an aromatic ring is 1. The van der Waals surface area contributed by atoms with Gasteiger partial charge in [-0.3, -0.25) is 4.79 Å². The Bertz CT molecular complexity index is 1050. The van der Waals surface area contributed by atoms with Crippen molar-refractivity contribution in [1.82, 2.24) is 24.6 Å². The van der Waals surface area contributed by atoms with E-state index in [1.165, 1.54) is 10.7 Å². The molecule has 0 atom stereocenters. The molecule has 29 heavy (non-hydrogen) atoms. The SMILES string of the molecule is CC(C)n1nc(-c2cnc(N)nc2-c2cccc(OCCN(C)C)c2)ccc1=O. The lowest BCUT2D eigenvalue weighted by atomic mass is 10.0. The van der Waals surface area contributed by atoms with Crippen molar-refractivity contribution in [2.24, 2.45) is 0 Å². The second-order valence-electron chi connectivity index (χ2n) is 7.27. The average Bonchev–Trinajstić information content (AvgIpc) is 2.68. The maximum Gasteiger partial charge on any atom is 0.267 e. The van der Waals surface area contributed by atoms with E-state index in [1.807, 2.05) is 52.2 Å². The lowest BCUT2D eigenvalue weighted by Crippen LogP contribution is -2.24. The first kappa shape index (κ1) is 20.5. The van der Waals surface area contributed by atoms with Crippen molar-refractivity contribution in [2.75, 3.05) is 33.0 Å². The maximum atomic E-state index is 12.1. The molecule has 1 aromatic carbocycles. The van der Waals surface area contributed by atoms with Gasteiger partial charge in [-0.05, 0) is 46.1 Å². The Morgan fingerprint density at radius 1 is 1.21 bits per heavy atom. The monoisotopic (exact) mass is 394 g/mol. The smallest absolute Gasteiger partial charge is 0.267 e. The number of anilines is 1. The highest BCUT2D eigenvalue weighted by Gasteiger charge is 2.15. The molecule has 0 aliphatic heterocycles. The Hall–Kier alpha value is -3.26. The number of nitrogens with two attached hydrogens (primary N) is 1. The molecule has 2 N–H and O–H groups in total. The fourth-order valence-corrected chi connectivity index (χ4v) is 2.82. The van der Waals surface area contributed by atoms with E-state index in [2.05, 4.69) is 20.0 Å². The Morgan fingerprint density at radius 3 is 2.72 bits per heavy atom. The van der Waals surface area contributed by atoms with Gasteiger partial charge < -0.3 is 15.4 Å². The zero-order chi connectivity index (χ0) is 21.0. The fourth-order valence-electron chi connectivity index (χ4n) is 2.82. The number of nitrogens with zero attached hydrogens (tertiary/aromatic N) is 5. The van der Waals surface area contributed by atoms with E-state index in [9.17, 15) is 4.79 Å². The summed E-state index contributed by atoms with van der Waals surface area (Å²) in [4.78, 5) is 22.7. The number of rotatable bonds is 7. The van der Waals surface area contributed by atoms with E-state index in [0.29, 0.717) is 23.6 Å². The quantitative estimate of drug-likeness (QED) is 0.657. The molecule has 0 aliphatic rings. The Kier molecular flexibility index (Phi) is 6.23. The van der Waals surface area contributed by atoms with Crippen molar-refractivity contribution in [3.05, 3.63) is 52.9 Å². The molecule has 0 aliphatic carbocycles. The van der Waals surface area contributed by atoms with Crippen LogP contribution >= 0.6 is 0 Å². The lowest BCUT2D eigenvalue weighted by Gasteiger charge is -2.14. The number of aromatic nitrogens is 4. The number of hydrogen-bond acceptors (Lipinski definition) is 7. The summed E-state index contributed by atoms with van der Waals surface area (Å²) in [5.74, 6) is 0.910. The highest BCUT2D eigenvalue weighted by atomic mass is 16.5. The van der Waals surface area contributed by atoms with Gasteiger partial charge in [-0.2, -0.15) is 5.10 Å². The van der Waals surface area contributed by atoms with Crippen LogP contribution in [0.2, 0.25) is 0 Å². The third-order valence-corrected chi connectivity index (χ3v) is 4.31. The third kappa shape index (κ3) is 4.97. The summed E-state index contributed by atoms with van der Waals surface area (Å²) in [5, 5.41) is 4.50. The Morgan fingerprint density at radius 2 is 2.00 bits per heavy atom. The van der Waals surface area contributed by atoms with Crippen LogP contribution in [0.5, 0.6) is 5.75 Å². The van der Waals surface area contributed by atoms with Crippen molar-refractivity contribution >= 4 is 5.95 Å². The molecule has 152 valence electrons. The van der Waals surface area contributed by atoms with E-state index >= 15 is 0 Å². The molecule has 8 heteroatoms. The van der Waals surface area contributed by atoms with Crippen LogP contribution < -0.4 is 16.0 Å². The fraction of sp³-hybridized carbons (Fsp3) is 0.333. The van der Waals surface area contributed by atoms with Gasteiger partial charge in [-0.1, -0.05) is 12.1 Å². The van der Waals surface area contributed by atoms with Gasteiger partial charge in [0, 0.05) is 29.9 Å².